The molecule has 2 N–H and O–H groups in total. The van der Waals surface area contributed by atoms with Crippen LogP contribution in [0, 0.1) is 17.0 Å². The number of fused-ring (bicyclic) bond motifs is 1. The van der Waals surface area contributed by atoms with E-state index < -0.39 is 4.92 Å². The number of nitro groups is 1. The molecule has 2 aromatic carbocycles. The summed E-state index contributed by atoms with van der Waals surface area (Å²) in [6.07, 6.45) is 0. The molecule has 2 heterocycles. The molecule has 0 radical (unpaired) electrons. The molecule has 1 fully saturated rings. The second kappa shape index (κ2) is 8.57. The summed E-state index contributed by atoms with van der Waals surface area (Å²) >= 11 is 0. The van der Waals surface area contributed by atoms with Crippen LogP contribution in [0.3, 0.4) is 0 Å². The van der Waals surface area contributed by atoms with Gasteiger partial charge in [0.05, 0.1) is 11.5 Å². The molecule has 0 unspecified atom stereocenters. The predicted molar refractivity (Wildman–Crippen MR) is 117 cm³/mol. The van der Waals surface area contributed by atoms with Crippen LogP contribution in [0.5, 0.6) is 0 Å². The Morgan fingerprint density at radius 3 is 2.55 bits per heavy atom. The zero-order chi connectivity index (χ0) is 22.0. The second-order valence-electron chi connectivity index (χ2n) is 7.66. The number of nitrogens with zero attached hydrogens (tertiary/aromatic N) is 3. The Morgan fingerprint density at radius 1 is 1.10 bits per heavy atom. The third-order valence-electron chi connectivity index (χ3n) is 5.41. The maximum atomic E-state index is 12.8. The Bertz CT molecular complexity index is 1110. The van der Waals surface area contributed by atoms with Crippen LogP contribution in [0.1, 0.15) is 16.1 Å². The van der Waals surface area contributed by atoms with Gasteiger partial charge in [-0.3, -0.25) is 24.6 Å². The SMILES string of the molecule is Cc1ccc(NC(=O)CN2CCN(C(=O)c3cc4ccccc4[nH]3)CC2)c([N+](=O)[O-])c1. The van der Waals surface area contributed by atoms with E-state index in [1.807, 2.05) is 35.2 Å². The molecular formula is C22H23N5O4. The number of rotatable bonds is 5. The van der Waals surface area contributed by atoms with E-state index >= 15 is 0 Å². The van der Waals surface area contributed by atoms with Crippen LogP contribution in [0.4, 0.5) is 11.4 Å². The molecule has 9 nitrogen and oxygen atoms in total. The molecule has 9 heteroatoms. The van der Waals surface area contributed by atoms with Crippen molar-refractivity contribution in [2.24, 2.45) is 0 Å². The van der Waals surface area contributed by atoms with Gasteiger partial charge in [-0.25, -0.2) is 0 Å². The molecular weight excluding hydrogens is 398 g/mol. The molecule has 2 amide bonds. The van der Waals surface area contributed by atoms with Crippen molar-refractivity contribution in [2.75, 3.05) is 38.0 Å². The Kier molecular flexibility index (Phi) is 5.68. The number of amides is 2. The van der Waals surface area contributed by atoms with Gasteiger partial charge in [-0.1, -0.05) is 24.3 Å². The van der Waals surface area contributed by atoms with Crippen LogP contribution in [-0.2, 0) is 4.79 Å². The molecule has 0 bridgehead atoms. The van der Waals surface area contributed by atoms with Gasteiger partial charge in [0.25, 0.3) is 11.6 Å². The molecule has 160 valence electrons. The largest absolute Gasteiger partial charge is 0.351 e. The lowest BCUT2D eigenvalue weighted by molar-refractivity contribution is -0.384. The van der Waals surface area contributed by atoms with Crippen LogP contribution in [0.2, 0.25) is 0 Å². The summed E-state index contributed by atoms with van der Waals surface area (Å²) in [5.41, 5.74) is 2.29. The summed E-state index contributed by atoms with van der Waals surface area (Å²) in [5.74, 6) is -0.377. The first kappa shape index (κ1) is 20.5. The van der Waals surface area contributed by atoms with Crippen LogP contribution in [0.25, 0.3) is 10.9 Å². The highest BCUT2D eigenvalue weighted by atomic mass is 16.6. The molecule has 31 heavy (non-hydrogen) atoms. The number of hydrogen-bond donors (Lipinski definition) is 2. The van der Waals surface area contributed by atoms with Crippen molar-refractivity contribution >= 4 is 34.1 Å². The number of nitrogens with one attached hydrogen (secondary N) is 2. The number of aryl methyl sites for hydroxylation is 1. The molecule has 1 aliphatic heterocycles. The van der Waals surface area contributed by atoms with Crippen LogP contribution < -0.4 is 5.32 Å². The Balaban J connectivity index is 1.32. The summed E-state index contributed by atoms with van der Waals surface area (Å²) in [4.78, 5) is 42.8. The number of piperazine rings is 1. The van der Waals surface area contributed by atoms with Crippen LogP contribution >= 0.6 is 0 Å². The van der Waals surface area contributed by atoms with Crippen molar-refractivity contribution in [3.63, 3.8) is 0 Å². The monoisotopic (exact) mass is 421 g/mol. The van der Waals surface area contributed by atoms with E-state index in [0.29, 0.717) is 31.9 Å². The molecule has 0 spiro atoms. The number of carbonyl (C=O) groups excluding carboxylic acids is 2. The number of H-pyrrole nitrogens is 1. The Morgan fingerprint density at radius 2 is 1.84 bits per heavy atom. The number of nitro benzene ring substituents is 1. The van der Waals surface area contributed by atoms with E-state index in [2.05, 4.69) is 10.3 Å². The molecule has 1 aliphatic rings. The minimum absolute atomic E-state index is 0.0596. The van der Waals surface area contributed by atoms with E-state index in [0.717, 1.165) is 16.5 Å². The number of aromatic nitrogens is 1. The van der Waals surface area contributed by atoms with Gasteiger partial charge in [-0.2, -0.15) is 0 Å². The third-order valence-corrected chi connectivity index (χ3v) is 5.41. The molecule has 1 aromatic heterocycles. The van der Waals surface area contributed by atoms with Gasteiger partial charge >= 0.3 is 0 Å². The lowest BCUT2D eigenvalue weighted by Gasteiger charge is -2.34. The molecule has 0 atom stereocenters. The standard InChI is InChI=1S/C22H23N5O4/c1-15-6-7-18(20(12-15)27(30)31)24-21(28)14-25-8-10-26(11-9-25)22(29)19-13-16-4-2-3-5-17(16)23-19/h2-7,12-13,23H,8-11,14H2,1H3,(H,24,28). The molecule has 0 aliphatic carbocycles. The van der Waals surface area contributed by atoms with Gasteiger partial charge in [0.1, 0.15) is 11.4 Å². The van der Waals surface area contributed by atoms with Gasteiger partial charge in [-0.15, -0.1) is 0 Å². The summed E-state index contributed by atoms with van der Waals surface area (Å²) in [6, 6.07) is 14.3. The maximum absolute atomic E-state index is 12.8. The average Bonchev–Trinajstić information content (AvgIpc) is 3.19. The smallest absolute Gasteiger partial charge is 0.293 e. The van der Waals surface area contributed by atoms with Crippen LogP contribution in [-0.4, -0.2) is 64.2 Å². The first-order chi connectivity index (χ1) is 14.9. The highest BCUT2D eigenvalue weighted by Crippen LogP contribution is 2.25. The summed E-state index contributed by atoms with van der Waals surface area (Å²) in [5, 5.41) is 14.8. The number of hydrogen-bond acceptors (Lipinski definition) is 5. The van der Waals surface area contributed by atoms with E-state index in [9.17, 15) is 19.7 Å². The van der Waals surface area contributed by atoms with Crippen molar-refractivity contribution in [1.29, 1.82) is 0 Å². The number of aromatic amines is 1. The van der Waals surface area contributed by atoms with Crippen molar-refractivity contribution < 1.29 is 14.5 Å². The summed E-state index contributed by atoms with van der Waals surface area (Å²) in [7, 11) is 0. The maximum Gasteiger partial charge on any atom is 0.293 e. The normalized spacial score (nSPS) is 14.5. The molecule has 0 saturated carbocycles. The van der Waals surface area contributed by atoms with Gasteiger partial charge in [-0.05, 0) is 30.7 Å². The van der Waals surface area contributed by atoms with E-state index in [1.165, 1.54) is 6.07 Å². The Hall–Kier alpha value is -3.72. The van der Waals surface area contributed by atoms with Gasteiger partial charge in [0.2, 0.25) is 5.91 Å². The minimum Gasteiger partial charge on any atom is -0.351 e. The van der Waals surface area contributed by atoms with E-state index in [1.54, 1.807) is 24.0 Å². The van der Waals surface area contributed by atoms with Gasteiger partial charge in [0.15, 0.2) is 0 Å². The lowest BCUT2D eigenvalue weighted by Crippen LogP contribution is -2.50. The van der Waals surface area contributed by atoms with Crippen molar-refractivity contribution in [2.45, 2.75) is 6.92 Å². The topological polar surface area (TPSA) is 112 Å². The van der Waals surface area contributed by atoms with E-state index in [4.69, 9.17) is 0 Å². The lowest BCUT2D eigenvalue weighted by atomic mass is 10.2. The number of carbonyl (C=O) groups is 2. The van der Waals surface area contributed by atoms with Crippen molar-refractivity contribution in [3.05, 3.63) is 69.9 Å². The van der Waals surface area contributed by atoms with Crippen LogP contribution in [0.15, 0.2) is 48.5 Å². The number of benzene rings is 2. The minimum atomic E-state index is -0.503. The zero-order valence-electron chi connectivity index (χ0n) is 17.1. The molecule has 4 rings (SSSR count). The highest BCUT2D eigenvalue weighted by molar-refractivity contribution is 5.98. The quantitative estimate of drug-likeness (QED) is 0.486. The first-order valence-corrected chi connectivity index (χ1v) is 10.0. The third kappa shape index (κ3) is 4.56. The van der Waals surface area contributed by atoms with Gasteiger partial charge < -0.3 is 15.2 Å². The summed E-state index contributed by atoms with van der Waals surface area (Å²) < 4.78 is 0. The number of para-hydroxylation sites is 1. The zero-order valence-corrected chi connectivity index (χ0v) is 17.1. The molecule has 1 saturated heterocycles. The fraction of sp³-hybridized carbons (Fsp3) is 0.273. The second-order valence-corrected chi connectivity index (χ2v) is 7.66. The fourth-order valence-corrected chi connectivity index (χ4v) is 3.76. The first-order valence-electron chi connectivity index (χ1n) is 10.0. The fourth-order valence-electron chi connectivity index (χ4n) is 3.76. The van der Waals surface area contributed by atoms with E-state index in [-0.39, 0.29) is 29.7 Å². The highest BCUT2D eigenvalue weighted by Gasteiger charge is 2.25. The predicted octanol–water partition coefficient (Wildman–Crippen LogP) is 2.78. The molecule has 3 aromatic rings. The summed E-state index contributed by atoms with van der Waals surface area (Å²) in [6.45, 7) is 3.98. The Labute approximate surface area is 178 Å². The van der Waals surface area contributed by atoms with Crippen molar-refractivity contribution in [3.8, 4) is 0 Å². The van der Waals surface area contributed by atoms with Gasteiger partial charge in [0, 0.05) is 43.1 Å². The van der Waals surface area contributed by atoms with Crippen molar-refractivity contribution in [1.82, 2.24) is 14.8 Å². The number of anilines is 1. The average molecular weight is 421 g/mol.